The number of nitrogens with zero attached hydrogens (tertiary/aromatic N) is 2. The summed E-state index contributed by atoms with van der Waals surface area (Å²) in [5.74, 6) is -1.37. The predicted octanol–water partition coefficient (Wildman–Crippen LogP) is 2.38. The fraction of sp³-hybridized carbons (Fsp3) is 0.250. The first-order valence-electron chi connectivity index (χ1n) is 5.16. The van der Waals surface area contributed by atoms with Crippen LogP contribution < -0.4 is 0 Å². The van der Waals surface area contributed by atoms with E-state index in [1.807, 2.05) is 0 Å². The minimum Gasteiger partial charge on any atom is -0.338 e. The van der Waals surface area contributed by atoms with E-state index in [1.54, 1.807) is 14.0 Å². The minimum atomic E-state index is -0.959. The predicted molar refractivity (Wildman–Crippen MR) is 64.8 cm³/mol. The van der Waals surface area contributed by atoms with Crippen molar-refractivity contribution in [1.29, 1.82) is 0 Å². The summed E-state index contributed by atoms with van der Waals surface area (Å²) in [6.45, 7) is 5.77. The third-order valence-corrected chi connectivity index (χ3v) is 2.24. The topological polar surface area (TPSA) is 63.5 Å². The smallest absolute Gasteiger partial charge is 0.305 e. The summed E-state index contributed by atoms with van der Waals surface area (Å²) in [6, 6.07) is 3.08. The standard InChI is InChI=1S/C12H13FN2O3/c1-8(2)7-14(3)12(16)9-4-5-10(13)11(6-9)15(17)18/h4-6H,1,7H2,2-3H3. The molecule has 1 aromatic rings. The van der Waals surface area contributed by atoms with Gasteiger partial charge in [-0.05, 0) is 19.1 Å². The highest BCUT2D eigenvalue weighted by molar-refractivity contribution is 5.94. The molecule has 0 aromatic heterocycles. The zero-order valence-electron chi connectivity index (χ0n) is 10.1. The van der Waals surface area contributed by atoms with Gasteiger partial charge in [0.2, 0.25) is 5.82 Å². The van der Waals surface area contributed by atoms with Gasteiger partial charge >= 0.3 is 5.69 Å². The van der Waals surface area contributed by atoms with Crippen molar-refractivity contribution in [3.05, 3.63) is 51.8 Å². The first-order valence-corrected chi connectivity index (χ1v) is 5.16. The molecular weight excluding hydrogens is 239 g/mol. The van der Waals surface area contributed by atoms with Crippen molar-refractivity contribution in [3.8, 4) is 0 Å². The first kappa shape index (κ1) is 13.8. The Bertz CT molecular complexity index is 514. The van der Waals surface area contributed by atoms with Crippen LogP contribution in [-0.4, -0.2) is 29.3 Å². The maximum Gasteiger partial charge on any atom is 0.305 e. The number of carbonyl (C=O) groups excluding carboxylic acids is 1. The number of carbonyl (C=O) groups is 1. The Morgan fingerprint density at radius 1 is 1.56 bits per heavy atom. The molecule has 0 aliphatic heterocycles. The van der Waals surface area contributed by atoms with Gasteiger partial charge in [-0.15, -0.1) is 0 Å². The Kier molecular flexibility index (Phi) is 4.14. The summed E-state index contributed by atoms with van der Waals surface area (Å²) >= 11 is 0. The monoisotopic (exact) mass is 252 g/mol. The number of amides is 1. The summed E-state index contributed by atoms with van der Waals surface area (Å²) in [6.07, 6.45) is 0. The number of rotatable bonds is 4. The van der Waals surface area contributed by atoms with Crippen LogP contribution in [0.1, 0.15) is 17.3 Å². The Labute approximate surface area is 104 Å². The molecular formula is C12H13FN2O3. The molecule has 0 saturated heterocycles. The number of hydrogen-bond acceptors (Lipinski definition) is 3. The molecule has 0 bridgehead atoms. The van der Waals surface area contributed by atoms with Gasteiger partial charge in [-0.2, -0.15) is 4.39 Å². The summed E-state index contributed by atoms with van der Waals surface area (Å²) < 4.78 is 13.1. The van der Waals surface area contributed by atoms with Crippen LogP contribution in [-0.2, 0) is 0 Å². The van der Waals surface area contributed by atoms with Crippen molar-refractivity contribution in [2.75, 3.05) is 13.6 Å². The van der Waals surface area contributed by atoms with E-state index >= 15 is 0 Å². The minimum absolute atomic E-state index is 0.0758. The van der Waals surface area contributed by atoms with Gasteiger partial charge in [-0.3, -0.25) is 14.9 Å². The molecule has 0 heterocycles. The number of nitro benzene ring substituents is 1. The summed E-state index contributed by atoms with van der Waals surface area (Å²) in [7, 11) is 1.55. The number of nitro groups is 1. The molecule has 0 N–H and O–H groups in total. The van der Waals surface area contributed by atoms with Gasteiger partial charge in [0.1, 0.15) is 0 Å². The van der Waals surface area contributed by atoms with Crippen molar-refractivity contribution in [2.45, 2.75) is 6.92 Å². The third-order valence-electron chi connectivity index (χ3n) is 2.24. The van der Waals surface area contributed by atoms with Crippen molar-refractivity contribution < 1.29 is 14.1 Å². The van der Waals surface area contributed by atoms with Crippen molar-refractivity contribution in [1.82, 2.24) is 4.90 Å². The Morgan fingerprint density at radius 2 is 2.17 bits per heavy atom. The number of halogens is 1. The molecule has 1 amide bonds. The summed E-state index contributed by atoms with van der Waals surface area (Å²) in [5, 5.41) is 10.6. The van der Waals surface area contributed by atoms with Crippen LogP contribution in [0.4, 0.5) is 10.1 Å². The molecule has 18 heavy (non-hydrogen) atoms. The lowest BCUT2D eigenvalue weighted by Crippen LogP contribution is -2.28. The van der Waals surface area contributed by atoms with Gasteiger partial charge in [0.25, 0.3) is 5.91 Å². The first-order chi connectivity index (χ1) is 8.32. The normalized spacial score (nSPS) is 9.94. The molecule has 0 unspecified atom stereocenters. The van der Waals surface area contributed by atoms with Crippen molar-refractivity contribution in [2.24, 2.45) is 0 Å². The zero-order valence-corrected chi connectivity index (χ0v) is 10.1. The second kappa shape index (κ2) is 5.39. The van der Waals surface area contributed by atoms with Crippen molar-refractivity contribution in [3.63, 3.8) is 0 Å². The molecule has 6 heteroatoms. The number of benzene rings is 1. The highest BCUT2D eigenvalue weighted by atomic mass is 19.1. The van der Waals surface area contributed by atoms with Gasteiger partial charge in [0.15, 0.2) is 0 Å². The molecule has 96 valence electrons. The van der Waals surface area contributed by atoms with E-state index in [0.29, 0.717) is 6.54 Å². The number of likely N-dealkylation sites (N-methyl/N-ethyl adjacent to an activating group) is 1. The zero-order chi connectivity index (χ0) is 13.9. The van der Waals surface area contributed by atoms with Gasteiger partial charge in [0.05, 0.1) is 4.92 Å². The van der Waals surface area contributed by atoms with Crippen LogP contribution in [0.3, 0.4) is 0 Å². The Morgan fingerprint density at radius 3 is 2.67 bits per heavy atom. The third kappa shape index (κ3) is 3.13. The lowest BCUT2D eigenvalue weighted by atomic mass is 10.1. The molecule has 0 aliphatic carbocycles. The second-order valence-electron chi connectivity index (χ2n) is 4.04. The molecule has 0 aliphatic rings. The van der Waals surface area contributed by atoms with Gasteiger partial charge in [-0.1, -0.05) is 12.2 Å². The van der Waals surface area contributed by atoms with Crippen molar-refractivity contribution >= 4 is 11.6 Å². The summed E-state index contributed by atoms with van der Waals surface area (Å²) in [4.78, 5) is 23.0. The molecule has 0 atom stereocenters. The number of hydrogen-bond donors (Lipinski definition) is 0. The Hall–Kier alpha value is -2.24. The van der Waals surface area contributed by atoms with E-state index in [2.05, 4.69) is 6.58 Å². The van der Waals surface area contributed by atoms with Crippen LogP contribution in [0.5, 0.6) is 0 Å². The van der Waals surface area contributed by atoms with Gasteiger partial charge in [0, 0.05) is 25.2 Å². The lowest BCUT2D eigenvalue weighted by Gasteiger charge is -2.16. The largest absolute Gasteiger partial charge is 0.338 e. The molecule has 0 radical (unpaired) electrons. The molecule has 5 nitrogen and oxygen atoms in total. The lowest BCUT2D eigenvalue weighted by molar-refractivity contribution is -0.387. The average Bonchev–Trinajstić information content (AvgIpc) is 2.27. The van der Waals surface area contributed by atoms with Gasteiger partial charge in [-0.25, -0.2) is 0 Å². The molecule has 0 spiro atoms. The highest BCUT2D eigenvalue weighted by Gasteiger charge is 2.19. The van der Waals surface area contributed by atoms with Crippen LogP contribution in [0.15, 0.2) is 30.4 Å². The van der Waals surface area contributed by atoms with E-state index < -0.39 is 22.3 Å². The van der Waals surface area contributed by atoms with Crippen LogP contribution in [0.25, 0.3) is 0 Å². The van der Waals surface area contributed by atoms with E-state index in [4.69, 9.17) is 0 Å². The summed E-state index contributed by atoms with van der Waals surface area (Å²) in [5.41, 5.74) is 0.152. The maximum absolute atomic E-state index is 13.1. The fourth-order valence-corrected chi connectivity index (χ4v) is 1.48. The van der Waals surface area contributed by atoms with Crippen LogP contribution >= 0.6 is 0 Å². The Balaban J connectivity index is 3.03. The van der Waals surface area contributed by atoms with E-state index in [9.17, 15) is 19.3 Å². The maximum atomic E-state index is 13.1. The van der Waals surface area contributed by atoms with E-state index in [-0.39, 0.29) is 5.56 Å². The SMILES string of the molecule is C=C(C)CN(C)C(=O)c1ccc(F)c([N+](=O)[O-])c1. The molecule has 0 fully saturated rings. The van der Waals surface area contributed by atoms with Crippen LogP contribution in [0.2, 0.25) is 0 Å². The van der Waals surface area contributed by atoms with Gasteiger partial charge < -0.3 is 4.90 Å². The molecule has 1 rings (SSSR count). The van der Waals surface area contributed by atoms with E-state index in [0.717, 1.165) is 17.7 Å². The van der Waals surface area contributed by atoms with Crippen LogP contribution in [0, 0.1) is 15.9 Å². The highest BCUT2D eigenvalue weighted by Crippen LogP contribution is 2.19. The quantitative estimate of drug-likeness (QED) is 0.469. The average molecular weight is 252 g/mol. The molecule has 0 saturated carbocycles. The van der Waals surface area contributed by atoms with E-state index in [1.165, 1.54) is 11.0 Å². The fourth-order valence-electron chi connectivity index (χ4n) is 1.48. The second-order valence-corrected chi connectivity index (χ2v) is 4.04. The molecule has 1 aromatic carbocycles.